The first-order valence-electron chi connectivity index (χ1n) is 7.25. The maximum atomic E-state index is 12.4. The van der Waals surface area contributed by atoms with Crippen molar-refractivity contribution in [3.05, 3.63) is 40.9 Å². The summed E-state index contributed by atoms with van der Waals surface area (Å²) in [6.07, 6.45) is -2.04. The molecule has 3 aromatic rings. The summed E-state index contributed by atoms with van der Waals surface area (Å²) < 4.78 is 48.7. The number of aryl methyl sites for hydroxylation is 1. The van der Waals surface area contributed by atoms with Crippen LogP contribution in [0.1, 0.15) is 16.2 Å². The molecule has 0 bridgehead atoms. The molecular weight excluding hydrogens is 393 g/mol. The number of fused-ring (bicyclic) bond motifs is 1. The van der Waals surface area contributed by atoms with E-state index in [4.69, 9.17) is 26.2 Å². The Bertz CT molecular complexity index is 1020. The second kappa shape index (κ2) is 6.91. The van der Waals surface area contributed by atoms with Crippen LogP contribution < -0.4 is 9.47 Å². The van der Waals surface area contributed by atoms with Crippen LogP contribution in [0.2, 0.25) is 5.02 Å². The second-order valence-electron chi connectivity index (χ2n) is 5.33. The van der Waals surface area contributed by atoms with Crippen LogP contribution in [0.15, 0.2) is 24.5 Å². The van der Waals surface area contributed by atoms with Crippen molar-refractivity contribution < 1.29 is 32.5 Å². The summed E-state index contributed by atoms with van der Waals surface area (Å²) in [5, 5.41) is 12.8. The summed E-state index contributed by atoms with van der Waals surface area (Å²) in [6.45, 7) is 0.0884. The highest BCUT2D eigenvalue weighted by atomic mass is 35.5. The lowest BCUT2D eigenvalue weighted by molar-refractivity contribution is -0.153. The first-order chi connectivity index (χ1) is 12.6. The molecule has 0 saturated carbocycles. The summed E-state index contributed by atoms with van der Waals surface area (Å²) in [4.78, 5) is 18.6. The first-order valence-corrected chi connectivity index (χ1v) is 7.63. The van der Waals surface area contributed by atoms with Gasteiger partial charge >= 0.3 is 12.1 Å². The zero-order chi connectivity index (χ0) is 19.8. The van der Waals surface area contributed by atoms with Gasteiger partial charge in [-0.15, -0.1) is 5.10 Å². The number of carboxylic acids is 1. The molecule has 0 fully saturated rings. The minimum absolute atomic E-state index is 0.0640. The molecule has 0 amide bonds. The van der Waals surface area contributed by atoms with Gasteiger partial charge in [0.2, 0.25) is 0 Å². The van der Waals surface area contributed by atoms with Gasteiger partial charge in [-0.1, -0.05) is 11.6 Å². The fourth-order valence-electron chi connectivity index (χ4n) is 2.06. The molecule has 3 heterocycles. The molecule has 0 atom stereocenters. The molecule has 0 aliphatic carbocycles. The molecule has 0 saturated heterocycles. The van der Waals surface area contributed by atoms with Crippen molar-refractivity contribution in [3.8, 4) is 17.4 Å². The van der Waals surface area contributed by atoms with Gasteiger partial charge in [0, 0.05) is 12.3 Å². The van der Waals surface area contributed by atoms with E-state index in [1.807, 2.05) is 0 Å². The average molecular weight is 403 g/mol. The summed E-state index contributed by atoms with van der Waals surface area (Å²) >= 11 is 5.75. The van der Waals surface area contributed by atoms with Crippen LogP contribution in [0.3, 0.4) is 0 Å². The van der Waals surface area contributed by atoms with Gasteiger partial charge in [0.25, 0.3) is 11.7 Å². The van der Waals surface area contributed by atoms with Gasteiger partial charge in [0.05, 0.1) is 11.2 Å². The molecule has 3 aromatic heterocycles. The number of halogens is 4. The van der Waals surface area contributed by atoms with Gasteiger partial charge < -0.3 is 14.6 Å². The van der Waals surface area contributed by atoms with E-state index in [1.54, 1.807) is 6.92 Å². The summed E-state index contributed by atoms with van der Waals surface area (Å²) in [5.41, 5.74) is 0.778. The van der Waals surface area contributed by atoms with Gasteiger partial charge in [-0.2, -0.15) is 13.2 Å². The quantitative estimate of drug-likeness (QED) is 0.697. The van der Waals surface area contributed by atoms with Crippen LogP contribution in [0.5, 0.6) is 17.4 Å². The molecule has 0 aliphatic rings. The zero-order valence-corrected chi connectivity index (χ0v) is 14.2. The van der Waals surface area contributed by atoms with Gasteiger partial charge in [0.1, 0.15) is 0 Å². The highest BCUT2D eigenvalue weighted by molar-refractivity contribution is 6.30. The standard InChI is InChI=1S/C15H10ClF3N4O4/c1-7-2-11-21-12(14(24)25)22-23(11)5-10(7)27-13-9(3-8(16)4-20-13)26-6-15(17,18)19/h2-5H,6H2,1H3,(H,24,25). The smallest absolute Gasteiger partial charge is 0.422 e. The Kier molecular flexibility index (Phi) is 4.79. The highest BCUT2D eigenvalue weighted by Gasteiger charge is 2.29. The van der Waals surface area contributed by atoms with Crippen LogP contribution in [0.25, 0.3) is 5.65 Å². The van der Waals surface area contributed by atoms with Crippen LogP contribution >= 0.6 is 11.6 Å². The zero-order valence-electron chi connectivity index (χ0n) is 13.5. The third kappa shape index (κ3) is 4.37. The Morgan fingerprint density at radius 3 is 2.74 bits per heavy atom. The van der Waals surface area contributed by atoms with Gasteiger partial charge in [-0.3, -0.25) is 0 Å². The van der Waals surface area contributed by atoms with Crippen molar-refractivity contribution in [3.63, 3.8) is 0 Å². The molecule has 27 heavy (non-hydrogen) atoms. The van der Waals surface area contributed by atoms with Crippen molar-refractivity contribution in [2.24, 2.45) is 0 Å². The van der Waals surface area contributed by atoms with Gasteiger partial charge in [0.15, 0.2) is 23.8 Å². The monoisotopic (exact) mass is 402 g/mol. The third-order valence-electron chi connectivity index (χ3n) is 3.21. The van der Waals surface area contributed by atoms with E-state index in [0.717, 1.165) is 10.6 Å². The topological polar surface area (TPSA) is 98.8 Å². The van der Waals surface area contributed by atoms with Crippen molar-refractivity contribution in [1.82, 2.24) is 19.6 Å². The molecule has 3 rings (SSSR count). The molecule has 0 aromatic carbocycles. The lowest BCUT2D eigenvalue weighted by Gasteiger charge is -2.14. The number of aromatic nitrogens is 4. The lowest BCUT2D eigenvalue weighted by Crippen LogP contribution is -2.19. The van der Waals surface area contributed by atoms with Crippen molar-refractivity contribution >= 4 is 23.2 Å². The number of carbonyl (C=O) groups is 1. The molecule has 0 aliphatic heterocycles. The van der Waals surface area contributed by atoms with Gasteiger partial charge in [-0.05, 0) is 18.6 Å². The predicted molar refractivity (Wildman–Crippen MR) is 85.6 cm³/mol. The van der Waals surface area contributed by atoms with E-state index in [9.17, 15) is 18.0 Å². The first kappa shape index (κ1) is 18.7. The van der Waals surface area contributed by atoms with Crippen molar-refractivity contribution in [2.45, 2.75) is 13.1 Å². The van der Waals surface area contributed by atoms with Crippen LogP contribution in [-0.4, -0.2) is 43.4 Å². The average Bonchev–Trinajstić information content (AvgIpc) is 2.97. The maximum Gasteiger partial charge on any atom is 0.422 e. The molecule has 142 valence electrons. The minimum Gasteiger partial charge on any atom is -0.478 e. The number of rotatable bonds is 5. The molecule has 0 unspecified atom stereocenters. The summed E-state index contributed by atoms with van der Waals surface area (Å²) in [7, 11) is 0. The van der Waals surface area contributed by atoms with Gasteiger partial charge in [-0.25, -0.2) is 19.3 Å². The highest BCUT2D eigenvalue weighted by Crippen LogP contribution is 2.34. The molecule has 0 spiro atoms. The largest absolute Gasteiger partial charge is 0.478 e. The predicted octanol–water partition coefficient (Wildman–Crippen LogP) is 3.52. The lowest BCUT2D eigenvalue weighted by atomic mass is 10.3. The number of carboxylic acid groups (broad SMARTS) is 1. The second-order valence-corrected chi connectivity index (χ2v) is 5.76. The Morgan fingerprint density at radius 2 is 2.07 bits per heavy atom. The third-order valence-corrected chi connectivity index (χ3v) is 3.41. The Labute approximate surface area is 154 Å². The number of nitrogens with zero attached hydrogens (tertiary/aromatic N) is 4. The number of pyridine rings is 2. The van der Waals surface area contributed by atoms with E-state index >= 15 is 0 Å². The number of hydrogen-bond acceptors (Lipinski definition) is 6. The van der Waals surface area contributed by atoms with E-state index < -0.39 is 24.6 Å². The molecule has 12 heteroatoms. The van der Waals surface area contributed by atoms with E-state index in [1.165, 1.54) is 18.5 Å². The fraction of sp³-hybridized carbons (Fsp3) is 0.200. The Hall–Kier alpha value is -3.08. The van der Waals surface area contributed by atoms with E-state index in [-0.39, 0.29) is 28.0 Å². The van der Waals surface area contributed by atoms with Crippen molar-refractivity contribution in [2.75, 3.05) is 6.61 Å². The van der Waals surface area contributed by atoms with Crippen molar-refractivity contribution in [1.29, 1.82) is 0 Å². The van der Waals surface area contributed by atoms with Crippen LogP contribution in [-0.2, 0) is 0 Å². The van der Waals surface area contributed by atoms with E-state index in [2.05, 4.69) is 15.1 Å². The summed E-state index contributed by atoms with van der Waals surface area (Å²) in [6, 6.07) is 2.64. The number of hydrogen-bond donors (Lipinski definition) is 1. The molecule has 8 nitrogen and oxygen atoms in total. The normalized spacial score (nSPS) is 11.6. The fourth-order valence-corrected chi connectivity index (χ4v) is 2.20. The van der Waals surface area contributed by atoms with Crippen LogP contribution in [0.4, 0.5) is 13.2 Å². The maximum absolute atomic E-state index is 12.4. The molecule has 1 N–H and O–H groups in total. The SMILES string of the molecule is Cc1cc2nc(C(=O)O)nn2cc1Oc1ncc(Cl)cc1OCC(F)(F)F. The van der Waals surface area contributed by atoms with E-state index in [0.29, 0.717) is 5.56 Å². The minimum atomic E-state index is -4.55. The number of alkyl halides is 3. The number of ether oxygens (including phenoxy) is 2. The molecular formula is C15H10ClF3N4O4. The van der Waals surface area contributed by atoms with Crippen LogP contribution in [0, 0.1) is 6.92 Å². The molecule has 0 radical (unpaired) electrons. The Balaban J connectivity index is 1.94. The summed E-state index contributed by atoms with van der Waals surface area (Å²) in [5.74, 6) is -2.10. The number of aromatic carboxylic acids is 1. The Morgan fingerprint density at radius 1 is 1.33 bits per heavy atom.